The molecule has 0 heterocycles. The molecule has 0 saturated carbocycles. The van der Waals surface area contributed by atoms with Gasteiger partial charge in [-0.25, -0.2) is 0 Å². The van der Waals surface area contributed by atoms with E-state index in [0.29, 0.717) is 0 Å². The molecule has 0 fully saturated rings. The van der Waals surface area contributed by atoms with Crippen LogP contribution in [-0.4, -0.2) is 26.2 Å². The molecule has 0 aromatic heterocycles. The standard InChI is InChI=1S/Bi.Co.S.Zn.3H. The molecule has 0 atom stereocenters. The summed E-state index contributed by atoms with van der Waals surface area (Å²) in [6.45, 7) is 0. The molecular weight excluding hydrogens is 365 g/mol. The molecule has 1 radical (unpaired) electrons. The normalized spacial score (nSPS) is 1.50. The van der Waals surface area contributed by atoms with Crippen LogP contribution in [0.3, 0.4) is 0 Å². The van der Waals surface area contributed by atoms with Crippen LogP contribution in [0.2, 0.25) is 0 Å². The summed E-state index contributed by atoms with van der Waals surface area (Å²) in [5.41, 5.74) is 0. The van der Waals surface area contributed by atoms with Crippen molar-refractivity contribution in [2.75, 3.05) is 0 Å². The molecule has 0 saturated heterocycles. The summed E-state index contributed by atoms with van der Waals surface area (Å²) >= 11 is 0.958. The van der Waals surface area contributed by atoms with E-state index in [9.17, 15) is 0 Å². The molecule has 4 heavy (non-hydrogen) atoms. The molecule has 0 unspecified atom stereocenters. The minimum absolute atomic E-state index is 0. The van der Waals surface area contributed by atoms with Gasteiger partial charge in [-0.3, -0.25) is 0 Å². The van der Waals surface area contributed by atoms with Crippen molar-refractivity contribution in [1.82, 2.24) is 0 Å². The van der Waals surface area contributed by atoms with Gasteiger partial charge in [-0.15, -0.1) is 0 Å². The molecule has 0 rings (SSSR count). The van der Waals surface area contributed by atoms with E-state index in [-0.39, 0.29) is 43.0 Å². The molecule has 0 aliphatic rings. The summed E-state index contributed by atoms with van der Waals surface area (Å²) in [6.07, 6.45) is 0. The van der Waals surface area contributed by atoms with E-state index in [0.717, 1.165) is 16.6 Å². The first-order valence-corrected chi connectivity index (χ1v) is 4.50. The summed E-state index contributed by atoms with van der Waals surface area (Å²) in [7, 11) is 4.21. The zero-order chi connectivity index (χ0) is 2.00. The van der Waals surface area contributed by atoms with E-state index in [1.165, 1.54) is 0 Å². The van der Waals surface area contributed by atoms with Crippen LogP contribution in [0.5, 0.6) is 0 Å². The van der Waals surface area contributed by atoms with Gasteiger partial charge in [0.25, 0.3) is 0 Å². The van der Waals surface area contributed by atoms with Crippen LogP contribution in [-0.2, 0) is 33.3 Å². The zero-order valence-corrected chi connectivity index (χ0v) is 12.5. The first-order valence-electron chi connectivity index (χ1n) is 0.289. The first kappa shape index (κ1) is 16.3. The van der Waals surface area contributed by atoms with Crippen LogP contribution in [0.15, 0.2) is 0 Å². The van der Waals surface area contributed by atoms with Gasteiger partial charge in [0.2, 0.25) is 0 Å². The third-order valence-corrected chi connectivity index (χ3v) is 0. The van der Waals surface area contributed by atoms with Crippen LogP contribution < -0.4 is 0 Å². The second-order valence-corrected chi connectivity index (χ2v) is 0. The van der Waals surface area contributed by atoms with E-state index in [2.05, 4.69) is 10.1 Å². The zero-order valence-electron chi connectivity index (χ0n) is 2.16. The summed E-state index contributed by atoms with van der Waals surface area (Å²) in [4.78, 5) is 0. The average Bonchev–Trinajstić information content (AvgIpc) is 1.00. The van der Waals surface area contributed by atoms with Crippen LogP contribution in [0.1, 0.15) is 0 Å². The van der Waals surface area contributed by atoms with Crippen LogP contribution in [0.25, 0.3) is 0 Å². The molecule has 0 spiro atoms. The monoisotopic (exact) mass is 367 g/mol. The molecule has 25 valence electrons. The third kappa shape index (κ3) is 8.87. The Labute approximate surface area is 68.7 Å². The van der Waals surface area contributed by atoms with Gasteiger partial charge in [-0.2, -0.15) is 0 Å². The van der Waals surface area contributed by atoms with Gasteiger partial charge in [0, 0.05) is 16.8 Å². The van der Waals surface area contributed by atoms with E-state index < -0.39 is 0 Å². The van der Waals surface area contributed by atoms with Crippen molar-refractivity contribution in [3.63, 3.8) is 0 Å². The minimum atomic E-state index is 0. The first-order chi connectivity index (χ1) is 1.00. The van der Waals surface area contributed by atoms with Gasteiger partial charge in [-0.05, 0) is 0 Å². The summed E-state index contributed by atoms with van der Waals surface area (Å²) in [5.74, 6) is 0. The van der Waals surface area contributed by atoms with Crippen LogP contribution in [0.4, 0.5) is 0 Å². The van der Waals surface area contributed by atoms with Gasteiger partial charge >= 0.3 is 52.9 Å². The molecule has 0 amide bonds. The Morgan fingerprint density at radius 1 is 1.25 bits per heavy atom. The molecule has 0 aliphatic heterocycles. The molecule has 0 aromatic carbocycles. The van der Waals surface area contributed by atoms with Crippen molar-refractivity contribution in [2.24, 2.45) is 0 Å². The van der Waals surface area contributed by atoms with Crippen LogP contribution in [0, 0.1) is 0 Å². The number of hydrogen-bond donors (Lipinski definition) is 0. The topological polar surface area (TPSA) is 0 Å². The van der Waals surface area contributed by atoms with E-state index in [1.54, 1.807) is 0 Å². The van der Waals surface area contributed by atoms with Crippen molar-refractivity contribution < 1.29 is 33.3 Å². The number of hydrogen-bond acceptors (Lipinski definition) is 1. The quantitative estimate of drug-likeness (QED) is 0.518. The molecular formula is H3BiCoSZn. The fourth-order valence-corrected chi connectivity index (χ4v) is 0. The number of rotatable bonds is 0. The van der Waals surface area contributed by atoms with Crippen molar-refractivity contribution in [1.29, 1.82) is 0 Å². The predicted octanol–water partition coefficient (Wildman–Crippen LogP) is -0.541. The SMILES string of the molecule is [BiH3].[Co].[S]=[Zn]. The van der Waals surface area contributed by atoms with E-state index in [4.69, 9.17) is 0 Å². The maximum atomic E-state index is 4.21. The predicted molar refractivity (Wildman–Crippen MR) is 17.5 cm³/mol. The molecule has 0 bridgehead atoms. The van der Waals surface area contributed by atoms with Gasteiger partial charge in [0.05, 0.1) is 0 Å². The second kappa shape index (κ2) is 18.8. The van der Waals surface area contributed by atoms with Gasteiger partial charge in [0.1, 0.15) is 0 Å². The Balaban J connectivity index is -0.00000000500. The Kier molecular flexibility index (Phi) is 76.8. The summed E-state index contributed by atoms with van der Waals surface area (Å²) in [6, 6.07) is 0. The van der Waals surface area contributed by atoms with Crippen molar-refractivity contribution in [2.45, 2.75) is 0 Å². The third-order valence-electron chi connectivity index (χ3n) is 0. The van der Waals surface area contributed by atoms with E-state index in [1.807, 2.05) is 0 Å². The summed E-state index contributed by atoms with van der Waals surface area (Å²) < 4.78 is 0. The van der Waals surface area contributed by atoms with Crippen LogP contribution >= 0.6 is 10.1 Å². The van der Waals surface area contributed by atoms with Crippen molar-refractivity contribution in [3.8, 4) is 0 Å². The molecule has 0 nitrogen and oxygen atoms in total. The molecule has 0 aromatic rings. The molecule has 4 heteroatoms. The fourth-order valence-electron chi connectivity index (χ4n) is 0. The van der Waals surface area contributed by atoms with Gasteiger partial charge < -0.3 is 0 Å². The van der Waals surface area contributed by atoms with E-state index >= 15 is 0 Å². The Morgan fingerprint density at radius 3 is 1.25 bits per heavy atom. The average molecular weight is 368 g/mol. The Morgan fingerprint density at radius 2 is 1.25 bits per heavy atom. The second-order valence-electron chi connectivity index (χ2n) is 0. The molecule has 0 aliphatic carbocycles. The Hall–Kier alpha value is 2.23. The Bertz CT molecular complexity index is 8.00. The van der Waals surface area contributed by atoms with Gasteiger partial charge in [-0.1, -0.05) is 0 Å². The van der Waals surface area contributed by atoms with Crippen molar-refractivity contribution >= 4 is 36.3 Å². The fraction of sp³-hybridized carbons (Fsp3) is 0. The molecule has 0 N–H and O–H groups in total. The maximum absolute atomic E-state index is 4.21. The van der Waals surface area contributed by atoms with Crippen molar-refractivity contribution in [3.05, 3.63) is 0 Å². The van der Waals surface area contributed by atoms with Gasteiger partial charge in [0.15, 0.2) is 0 Å². The summed E-state index contributed by atoms with van der Waals surface area (Å²) in [5, 5.41) is 0.